The summed E-state index contributed by atoms with van der Waals surface area (Å²) in [6.07, 6.45) is 2.90. The number of sulfonamides is 1. The molecule has 150 valence electrons. The number of hydrogen-bond donors (Lipinski definition) is 1. The van der Waals surface area contributed by atoms with Gasteiger partial charge in [-0.2, -0.15) is 4.31 Å². The number of nitrogens with one attached hydrogen (secondary N) is 1. The van der Waals surface area contributed by atoms with Crippen LogP contribution in [-0.2, 0) is 14.8 Å². The van der Waals surface area contributed by atoms with Gasteiger partial charge in [-0.15, -0.1) is 16.8 Å². The van der Waals surface area contributed by atoms with Crippen molar-refractivity contribution >= 4 is 44.2 Å². The summed E-state index contributed by atoms with van der Waals surface area (Å²) >= 11 is 2.73. The number of aromatic nitrogens is 2. The van der Waals surface area contributed by atoms with Crippen molar-refractivity contribution in [2.75, 3.05) is 24.2 Å². The largest absolute Gasteiger partial charge is 0.300 e. The number of nitrogens with zero attached hydrogens (tertiary/aromatic N) is 3. The molecule has 1 aromatic heterocycles. The van der Waals surface area contributed by atoms with Crippen LogP contribution >= 0.6 is 23.1 Å². The smallest absolute Gasteiger partial charge is 0.243 e. The molecular weight excluding hydrogens is 423 g/mol. The first-order valence-corrected chi connectivity index (χ1v) is 11.8. The molecule has 2 heterocycles. The molecule has 1 fully saturated rings. The third-order valence-corrected chi connectivity index (χ3v) is 8.01. The van der Waals surface area contributed by atoms with Crippen LogP contribution in [0.3, 0.4) is 0 Å². The van der Waals surface area contributed by atoms with E-state index in [0.717, 1.165) is 16.5 Å². The first-order chi connectivity index (χ1) is 13.4. The number of thioether (sulfide) groups is 1. The van der Waals surface area contributed by atoms with Crippen molar-refractivity contribution in [3.63, 3.8) is 0 Å². The number of carbonyl (C=O) groups excluding carboxylic acids is 1. The maximum absolute atomic E-state index is 13.1. The summed E-state index contributed by atoms with van der Waals surface area (Å²) < 4.78 is 40.6. The Hall–Kier alpha value is -1.82. The normalized spacial score (nSPS) is 18.0. The van der Waals surface area contributed by atoms with E-state index >= 15 is 0 Å². The van der Waals surface area contributed by atoms with E-state index in [4.69, 9.17) is 0 Å². The topological polar surface area (TPSA) is 92.3 Å². The van der Waals surface area contributed by atoms with E-state index in [-0.39, 0.29) is 17.3 Å². The average Bonchev–Trinajstić information content (AvgIpc) is 3.14. The monoisotopic (exact) mass is 442 g/mol. The molecule has 7 nitrogen and oxygen atoms in total. The molecule has 2 aromatic rings. The zero-order valence-electron chi connectivity index (χ0n) is 14.9. The van der Waals surface area contributed by atoms with Crippen molar-refractivity contribution in [3.05, 3.63) is 42.7 Å². The molecule has 11 heteroatoms. The van der Waals surface area contributed by atoms with Crippen LogP contribution in [0.25, 0.3) is 0 Å². The fourth-order valence-electron chi connectivity index (χ4n) is 2.79. The fourth-order valence-corrected chi connectivity index (χ4v) is 5.83. The van der Waals surface area contributed by atoms with Gasteiger partial charge in [-0.3, -0.25) is 4.79 Å². The number of rotatable bonds is 7. The Morgan fingerprint density at radius 2 is 2.14 bits per heavy atom. The Labute approximate surface area is 171 Å². The number of carbonyl (C=O) groups is 1. The van der Waals surface area contributed by atoms with E-state index in [2.05, 4.69) is 22.1 Å². The number of anilines is 1. The second-order valence-electron chi connectivity index (χ2n) is 6.12. The molecule has 1 N–H and O–H groups in total. The highest BCUT2D eigenvalue weighted by Gasteiger charge is 2.33. The van der Waals surface area contributed by atoms with Crippen LogP contribution in [0.5, 0.6) is 0 Å². The number of benzene rings is 1. The van der Waals surface area contributed by atoms with Crippen molar-refractivity contribution in [3.8, 4) is 0 Å². The standard InChI is InChI=1S/C17H19FN4O3S3/c1-2-10-26-17-21-20-16(27-17)19-15(23)12-4-3-9-22(11-12)28(24,25)14-7-5-13(18)6-8-14/h2,5-8,12H,1,3-4,9-11H2,(H,19,20,23). The number of piperidine rings is 1. The Kier molecular flexibility index (Phi) is 6.81. The van der Waals surface area contributed by atoms with Crippen LogP contribution < -0.4 is 5.32 Å². The van der Waals surface area contributed by atoms with Crippen molar-refractivity contribution in [1.82, 2.24) is 14.5 Å². The van der Waals surface area contributed by atoms with Gasteiger partial charge in [-0.05, 0) is 37.1 Å². The SMILES string of the molecule is C=CCSc1nnc(NC(=O)C2CCCN(S(=O)(=O)c3ccc(F)cc3)C2)s1. The van der Waals surface area contributed by atoms with Crippen LogP contribution in [0, 0.1) is 11.7 Å². The minimum absolute atomic E-state index is 0.0166. The van der Waals surface area contributed by atoms with Gasteiger partial charge in [0.1, 0.15) is 5.82 Å². The van der Waals surface area contributed by atoms with Crippen LogP contribution in [0.1, 0.15) is 12.8 Å². The summed E-state index contributed by atoms with van der Waals surface area (Å²) in [4.78, 5) is 12.6. The van der Waals surface area contributed by atoms with E-state index in [0.29, 0.717) is 30.3 Å². The summed E-state index contributed by atoms with van der Waals surface area (Å²) in [6.45, 7) is 4.03. The molecule has 1 unspecified atom stereocenters. The zero-order chi connectivity index (χ0) is 20.1. The number of hydrogen-bond acceptors (Lipinski definition) is 7. The molecule has 1 aromatic carbocycles. The lowest BCUT2D eigenvalue weighted by atomic mass is 9.99. The van der Waals surface area contributed by atoms with E-state index in [9.17, 15) is 17.6 Å². The Morgan fingerprint density at radius 3 is 2.86 bits per heavy atom. The van der Waals surface area contributed by atoms with Gasteiger partial charge in [-0.1, -0.05) is 29.2 Å². The maximum atomic E-state index is 13.1. The lowest BCUT2D eigenvalue weighted by molar-refractivity contribution is -0.120. The molecule has 1 aliphatic rings. The van der Waals surface area contributed by atoms with Gasteiger partial charge in [0.05, 0.1) is 10.8 Å². The Balaban J connectivity index is 1.65. The van der Waals surface area contributed by atoms with Gasteiger partial charge in [0.25, 0.3) is 0 Å². The summed E-state index contributed by atoms with van der Waals surface area (Å²) in [6, 6.07) is 4.69. The molecule has 1 atom stereocenters. The molecule has 1 saturated heterocycles. The third-order valence-electron chi connectivity index (χ3n) is 4.17. The molecule has 0 bridgehead atoms. The van der Waals surface area contributed by atoms with Gasteiger partial charge in [0.15, 0.2) is 4.34 Å². The fraction of sp³-hybridized carbons (Fsp3) is 0.353. The summed E-state index contributed by atoms with van der Waals surface area (Å²) in [5, 5.41) is 11.0. The lowest BCUT2D eigenvalue weighted by Gasteiger charge is -2.31. The molecule has 3 rings (SSSR count). The molecule has 0 saturated carbocycles. The second-order valence-corrected chi connectivity index (χ2v) is 10.3. The summed E-state index contributed by atoms with van der Waals surface area (Å²) in [7, 11) is -3.78. The van der Waals surface area contributed by atoms with Gasteiger partial charge >= 0.3 is 0 Å². The summed E-state index contributed by atoms with van der Waals surface area (Å²) in [5.41, 5.74) is 0. The predicted molar refractivity (Wildman–Crippen MR) is 107 cm³/mol. The highest BCUT2D eigenvalue weighted by atomic mass is 32.2. The Bertz CT molecular complexity index is 947. The first kappa shape index (κ1) is 20.9. The molecule has 0 aliphatic carbocycles. The Morgan fingerprint density at radius 1 is 1.39 bits per heavy atom. The van der Waals surface area contributed by atoms with Crippen molar-refractivity contribution in [2.45, 2.75) is 22.1 Å². The highest BCUT2D eigenvalue weighted by molar-refractivity contribution is 8.01. The van der Waals surface area contributed by atoms with Gasteiger partial charge < -0.3 is 5.32 Å². The zero-order valence-corrected chi connectivity index (χ0v) is 17.3. The number of amides is 1. The van der Waals surface area contributed by atoms with Crippen molar-refractivity contribution in [2.24, 2.45) is 5.92 Å². The van der Waals surface area contributed by atoms with E-state index in [1.807, 2.05) is 0 Å². The van der Waals surface area contributed by atoms with E-state index < -0.39 is 21.8 Å². The average molecular weight is 443 g/mol. The maximum Gasteiger partial charge on any atom is 0.243 e. The molecule has 1 aliphatic heterocycles. The van der Waals surface area contributed by atoms with E-state index in [1.165, 1.54) is 39.5 Å². The highest BCUT2D eigenvalue weighted by Crippen LogP contribution is 2.28. The van der Waals surface area contributed by atoms with Gasteiger partial charge in [0.2, 0.25) is 21.1 Å². The van der Waals surface area contributed by atoms with Gasteiger partial charge in [0, 0.05) is 18.8 Å². The number of halogens is 1. The predicted octanol–water partition coefficient (Wildman–Crippen LogP) is 2.99. The molecule has 0 spiro atoms. The molecule has 1 amide bonds. The second kappa shape index (κ2) is 9.12. The molecule has 0 radical (unpaired) electrons. The quantitative estimate of drug-likeness (QED) is 0.403. The van der Waals surface area contributed by atoms with Crippen molar-refractivity contribution < 1.29 is 17.6 Å². The third kappa shape index (κ3) is 4.96. The van der Waals surface area contributed by atoms with Crippen molar-refractivity contribution in [1.29, 1.82) is 0 Å². The van der Waals surface area contributed by atoms with E-state index in [1.54, 1.807) is 6.08 Å². The van der Waals surface area contributed by atoms with Crippen LogP contribution in [-0.4, -0.2) is 47.7 Å². The van der Waals surface area contributed by atoms with Crippen LogP contribution in [0.4, 0.5) is 9.52 Å². The lowest BCUT2D eigenvalue weighted by Crippen LogP contribution is -2.43. The first-order valence-electron chi connectivity index (χ1n) is 8.54. The summed E-state index contributed by atoms with van der Waals surface area (Å²) in [5.74, 6) is -0.577. The van der Waals surface area contributed by atoms with Crippen LogP contribution in [0.15, 0.2) is 46.2 Å². The minimum atomic E-state index is -3.78. The van der Waals surface area contributed by atoms with Crippen LogP contribution in [0.2, 0.25) is 0 Å². The molecular formula is C17H19FN4O3S3. The molecule has 28 heavy (non-hydrogen) atoms. The minimum Gasteiger partial charge on any atom is -0.300 e. The van der Waals surface area contributed by atoms with Gasteiger partial charge in [-0.25, -0.2) is 12.8 Å².